The van der Waals surface area contributed by atoms with Gasteiger partial charge in [0.1, 0.15) is 12.6 Å². The van der Waals surface area contributed by atoms with Crippen LogP contribution in [0.5, 0.6) is 0 Å². The standard InChI is InChI=1S/C18H22N2O4/c1-23-17(21)16(11-20-10-14-7-8-15(20)9-14)19-18(22)24-12-13-5-3-2-4-6-13/h2-8,14-16H,9-12H2,1H3,(H,19,22)/t14?,15?,16-/m0/s1. The van der Waals surface area contributed by atoms with Crippen molar-refractivity contribution in [3.05, 3.63) is 48.0 Å². The zero-order valence-electron chi connectivity index (χ0n) is 13.7. The van der Waals surface area contributed by atoms with Gasteiger partial charge in [0.25, 0.3) is 0 Å². The molecule has 6 nitrogen and oxygen atoms in total. The summed E-state index contributed by atoms with van der Waals surface area (Å²) in [5, 5.41) is 2.62. The van der Waals surface area contributed by atoms with Gasteiger partial charge >= 0.3 is 12.1 Å². The fraction of sp³-hybridized carbons (Fsp3) is 0.444. The number of alkyl carbamates (subject to hydrolysis) is 1. The molecule has 1 aromatic carbocycles. The number of fused-ring (bicyclic) bond motifs is 2. The Hall–Kier alpha value is -2.34. The van der Waals surface area contributed by atoms with Gasteiger partial charge in [0.15, 0.2) is 0 Å². The maximum absolute atomic E-state index is 12.0. The van der Waals surface area contributed by atoms with E-state index in [2.05, 4.69) is 22.4 Å². The predicted octanol–water partition coefficient (Wildman–Crippen LogP) is 1.71. The van der Waals surface area contributed by atoms with Gasteiger partial charge in [-0.3, -0.25) is 4.90 Å². The van der Waals surface area contributed by atoms with Crippen molar-refractivity contribution in [3.63, 3.8) is 0 Å². The summed E-state index contributed by atoms with van der Waals surface area (Å²) in [6.07, 6.45) is 4.85. The van der Waals surface area contributed by atoms with Crippen LogP contribution >= 0.6 is 0 Å². The van der Waals surface area contributed by atoms with Gasteiger partial charge in [-0.05, 0) is 17.9 Å². The fourth-order valence-corrected chi connectivity index (χ4v) is 3.27. The number of rotatable bonds is 6. The fourth-order valence-electron chi connectivity index (χ4n) is 3.27. The lowest BCUT2D eigenvalue weighted by Gasteiger charge is -2.27. The number of hydrogen-bond donors (Lipinski definition) is 1. The second-order valence-corrected chi connectivity index (χ2v) is 6.18. The van der Waals surface area contributed by atoms with Crippen LogP contribution in [0.1, 0.15) is 12.0 Å². The average molecular weight is 330 g/mol. The second-order valence-electron chi connectivity index (χ2n) is 6.18. The first-order chi connectivity index (χ1) is 11.7. The number of likely N-dealkylation sites (tertiary alicyclic amines) is 1. The molecule has 2 unspecified atom stereocenters. The molecule has 3 atom stereocenters. The lowest BCUT2D eigenvalue weighted by molar-refractivity contribution is -0.143. The van der Waals surface area contributed by atoms with Gasteiger partial charge in [-0.2, -0.15) is 0 Å². The van der Waals surface area contributed by atoms with Crippen LogP contribution < -0.4 is 5.32 Å². The van der Waals surface area contributed by atoms with E-state index in [9.17, 15) is 9.59 Å². The lowest BCUT2D eigenvalue weighted by atomic mass is 10.2. The molecule has 1 heterocycles. The van der Waals surface area contributed by atoms with E-state index in [0.717, 1.165) is 18.5 Å². The molecular formula is C18H22N2O4. The Morgan fingerprint density at radius 2 is 2.08 bits per heavy atom. The van der Waals surface area contributed by atoms with E-state index in [0.29, 0.717) is 18.5 Å². The summed E-state index contributed by atoms with van der Waals surface area (Å²) in [6, 6.07) is 9.02. The van der Waals surface area contributed by atoms with E-state index in [-0.39, 0.29) is 6.61 Å². The van der Waals surface area contributed by atoms with Crippen molar-refractivity contribution in [2.75, 3.05) is 20.2 Å². The number of nitrogens with one attached hydrogen (secondary N) is 1. The molecule has 1 aliphatic heterocycles. The second kappa shape index (κ2) is 7.49. The Morgan fingerprint density at radius 1 is 1.29 bits per heavy atom. The van der Waals surface area contributed by atoms with Crippen molar-refractivity contribution in [1.29, 1.82) is 0 Å². The number of esters is 1. The van der Waals surface area contributed by atoms with Crippen molar-refractivity contribution in [2.24, 2.45) is 5.92 Å². The first-order valence-electron chi connectivity index (χ1n) is 8.13. The van der Waals surface area contributed by atoms with Crippen LogP contribution in [0.4, 0.5) is 4.79 Å². The highest BCUT2D eigenvalue weighted by Crippen LogP contribution is 2.31. The number of carbonyl (C=O) groups excluding carboxylic acids is 2. The molecule has 128 valence electrons. The third-order valence-electron chi connectivity index (χ3n) is 4.50. The van der Waals surface area contributed by atoms with E-state index in [1.165, 1.54) is 7.11 Å². The Morgan fingerprint density at radius 3 is 2.71 bits per heavy atom. The van der Waals surface area contributed by atoms with Crippen LogP contribution in [0.3, 0.4) is 0 Å². The van der Waals surface area contributed by atoms with E-state index < -0.39 is 18.1 Å². The summed E-state index contributed by atoms with van der Waals surface area (Å²) in [7, 11) is 1.32. The minimum Gasteiger partial charge on any atom is -0.467 e. The number of hydrogen-bond acceptors (Lipinski definition) is 5. The van der Waals surface area contributed by atoms with E-state index in [4.69, 9.17) is 9.47 Å². The van der Waals surface area contributed by atoms with E-state index in [1.54, 1.807) is 0 Å². The van der Waals surface area contributed by atoms with Crippen LogP contribution in [-0.2, 0) is 20.9 Å². The summed E-state index contributed by atoms with van der Waals surface area (Å²) >= 11 is 0. The van der Waals surface area contributed by atoms with Crippen molar-refractivity contribution in [3.8, 4) is 0 Å². The Bertz CT molecular complexity index is 617. The monoisotopic (exact) mass is 330 g/mol. The molecule has 1 saturated heterocycles. The van der Waals surface area contributed by atoms with Crippen molar-refractivity contribution >= 4 is 12.1 Å². The number of amides is 1. The highest BCUT2D eigenvalue weighted by atomic mass is 16.6. The van der Waals surface area contributed by atoms with Gasteiger partial charge in [-0.15, -0.1) is 0 Å². The Balaban J connectivity index is 1.52. The normalized spacial score (nSPS) is 23.0. The quantitative estimate of drug-likeness (QED) is 0.635. The molecule has 2 aliphatic rings. The molecule has 1 aliphatic carbocycles. The number of carbonyl (C=O) groups is 2. The summed E-state index contributed by atoms with van der Waals surface area (Å²) in [4.78, 5) is 26.2. The minimum absolute atomic E-state index is 0.164. The summed E-state index contributed by atoms with van der Waals surface area (Å²) in [5.41, 5.74) is 0.893. The molecule has 1 amide bonds. The zero-order chi connectivity index (χ0) is 16.9. The predicted molar refractivity (Wildman–Crippen MR) is 88.2 cm³/mol. The molecule has 0 radical (unpaired) electrons. The molecule has 0 saturated carbocycles. The molecule has 24 heavy (non-hydrogen) atoms. The molecule has 2 bridgehead atoms. The van der Waals surface area contributed by atoms with Crippen LogP contribution in [0.15, 0.2) is 42.5 Å². The van der Waals surface area contributed by atoms with Gasteiger partial charge in [-0.25, -0.2) is 9.59 Å². The average Bonchev–Trinajstić information content (AvgIpc) is 3.22. The van der Waals surface area contributed by atoms with Crippen molar-refractivity contribution < 1.29 is 19.1 Å². The maximum atomic E-state index is 12.0. The summed E-state index contributed by atoms with van der Waals surface area (Å²) in [5.74, 6) is 0.0942. The van der Waals surface area contributed by atoms with Gasteiger partial charge in [0.2, 0.25) is 0 Å². The highest BCUT2D eigenvalue weighted by molar-refractivity contribution is 5.81. The summed E-state index contributed by atoms with van der Waals surface area (Å²) in [6.45, 7) is 1.51. The Labute approximate surface area is 141 Å². The third kappa shape index (κ3) is 3.94. The third-order valence-corrected chi connectivity index (χ3v) is 4.50. The molecule has 0 spiro atoms. The zero-order valence-corrected chi connectivity index (χ0v) is 13.7. The molecule has 1 fully saturated rings. The largest absolute Gasteiger partial charge is 0.467 e. The van der Waals surface area contributed by atoms with Gasteiger partial charge in [-0.1, -0.05) is 42.5 Å². The number of nitrogens with zero attached hydrogens (tertiary/aromatic N) is 1. The number of ether oxygens (including phenoxy) is 2. The number of benzene rings is 1. The number of methoxy groups -OCH3 is 1. The van der Waals surface area contributed by atoms with Gasteiger partial charge in [0.05, 0.1) is 7.11 Å². The smallest absolute Gasteiger partial charge is 0.408 e. The molecule has 6 heteroatoms. The Kier molecular flexibility index (Phi) is 5.15. The van der Waals surface area contributed by atoms with Crippen LogP contribution in [0.25, 0.3) is 0 Å². The topological polar surface area (TPSA) is 67.9 Å². The maximum Gasteiger partial charge on any atom is 0.408 e. The molecule has 3 rings (SSSR count). The van der Waals surface area contributed by atoms with Crippen molar-refractivity contribution in [2.45, 2.75) is 25.1 Å². The first-order valence-corrected chi connectivity index (χ1v) is 8.13. The van der Waals surface area contributed by atoms with Crippen molar-refractivity contribution in [1.82, 2.24) is 10.2 Å². The molecular weight excluding hydrogens is 308 g/mol. The first kappa shape index (κ1) is 16.5. The lowest BCUT2D eigenvalue weighted by Crippen LogP contribution is -2.50. The van der Waals surface area contributed by atoms with Crippen LogP contribution in [-0.4, -0.2) is 49.2 Å². The van der Waals surface area contributed by atoms with Gasteiger partial charge < -0.3 is 14.8 Å². The highest BCUT2D eigenvalue weighted by Gasteiger charge is 2.36. The van der Waals surface area contributed by atoms with E-state index in [1.807, 2.05) is 30.3 Å². The molecule has 1 aromatic rings. The van der Waals surface area contributed by atoms with Gasteiger partial charge in [0, 0.05) is 19.1 Å². The minimum atomic E-state index is -0.731. The SMILES string of the molecule is COC(=O)[C@H](CN1CC2C=CC1C2)NC(=O)OCc1ccccc1. The van der Waals surface area contributed by atoms with Crippen LogP contribution in [0, 0.1) is 5.92 Å². The summed E-state index contributed by atoms with van der Waals surface area (Å²) < 4.78 is 10.0. The van der Waals surface area contributed by atoms with E-state index >= 15 is 0 Å². The molecule has 1 N–H and O–H groups in total. The van der Waals surface area contributed by atoms with Crippen LogP contribution in [0.2, 0.25) is 0 Å². The molecule has 0 aromatic heterocycles.